The Hall–Kier alpha value is -3.16. The van der Waals surface area contributed by atoms with Crippen molar-refractivity contribution in [1.82, 2.24) is 5.32 Å². The van der Waals surface area contributed by atoms with E-state index in [1.54, 1.807) is 20.3 Å². The second-order valence-electron chi connectivity index (χ2n) is 6.86. The monoisotopic (exact) mass is 403 g/mol. The molecular weight excluding hydrogens is 378 g/mol. The zero-order valence-corrected chi connectivity index (χ0v) is 16.9. The summed E-state index contributed by atoms with van der Waals surface area (Å²) in [5, 5.41) is 11.9. The third-order valence-electron chi connectivity index (χ3n) is 5.43. The van der Waals surface area contributed by atoms with Crippen molar-refractivity contribution in [3.63, 3.8) is 0 Å². The molecule has 1 amide bonds. The third kappa shape index (κ3) is 3.74. The van der Waals surface area contributed by atoms with Gasteiger partial charge in [-0.1, -0.05) is 6.08 Å². The van der Waals surface area contributed by atoms with E-state index in [1.807, 2.05) is 12.1 Å². The first-order valence-corrected chi connectivity index (χ1v) is 9.25. The highest BCUT2D eigenvalue weighted by Crippen LogP contribution is 2.50. The van der Waals surface area contributed by atoms with Crippen LogP contribution in [0.2, 0.25) is 0 Å². The van der Waals surface area contributed by atoms with Crippen molar-refractivity contribution < 1.29 is 33.6 Å². The van der Waals surface area contributed by atoms with Crippen LogP contribution in [0.1, 0.15) is 24.0 Å². The first-order chi connectivity index (χ1) is 13.9. The van der Waals surface area contributed by atoms with Crippen LogP contribution in [-0.2, 0) is 16.0 Å². The second kappa shape index (κ2) is 8.46. The number of carbonyl (C=O) groups is 2. The topological polar surface area (TPSA) is 103 Å². The molecule has 2 atom stereocenters. The van der Waals surface area contributed by atoms with E-state index in [2.05, 4.69) is 5.32 Å². The minimum atomic E-state index is -1.13. The summed E-state index contributed by atoms with van der Waals surface area (Å²) in [4.78, 5) is 24.1. The van der Waals surface area contributed by atoms with E-state index in [0.717, 1.165) is 16.7 Å². The molecule has 0 fully saturated rings. The van der Waals surface area contributed by atoms with Crippen LogP contribution in [0.5, 0.6) is 17.2 Å². The van der Waals surface area contributed by atoms with Gasteiger partial charge in [-0.3, -0.25) is 4.79 Å². The van der Waals surface area contributed by atoms with Crippen molar-refractivity contribution in [3.05, 3.63) is 35.1 Å². The first-order valence-electron chi connectivity index (χ1n) is 9.25. The van der Waals surface area contributed by atoms with Crippen LogP contribution in [0.3, 0.4) is 0 Å². The lowest BCUT2D eigenvalue weighted by Crippen LogP contribution is -2.40. The third-order valence-corrected chi connectivity index (χ3v) is 5.43. The highest BCUT2D eigenvalue weighted by molar-refractivity contribution is 5.97. The van der Waals surface area contributed by atoms with E-state index in [-0.39, 0.29) is 23.9 Å². The zero-order chi connectivity index (χ0) is 21.1. The highest BCUT2D eigenvalue weighted by atomic mass is 16.5. The van der Waals surface area contributed by atoms with Gasteiger partial charge in [-0.2, -0.15) is 0 Å². The average Bonchev–Trinajstić information content (AvgIpc) is 2.95. The van der Waals surface area contributed by atoms with Gasteiger partial charge in [-0.15, -0.1) is 0 Å². The highest BCUT2D eigenvalue weighted by Gasteiger charge is 2.37. The van der Waals surface area contributed by atoms with E-state index in [9.17, 15) is 14.7 Å². The van der Waals surface area contributed by atoms with Crippen molar-refractivity contribution in [2.24, 2.45) is 5.92 Å². The van der Waals surface area contributed by atoms with Crippen LogP contribution in [0.15, 0.2) is 24.0 Å². The summed E-state index contributed by atoms with van der Waals surface area (Å²) in [6.07, 6.45) is 3.53. The van der Waals surface area contributed by atoms with Crippen molar-refractivity contribution >= 4 is 17.4 Å². The zero-order valence-electron chi connectivity index (χ0n) is 16.9. The van der Waals surface area contributed by atoms with Gasteiger partial charge in [0.05, 0.1) is 28.4 Å². The Morgan fingerprint density at radius 1 is 1.07 bits per heavy atom. The smallest absolute Gasteiger partial charge is 0.404 e. The molecule has 2 N–H and O–H groups in total. The van der Waals surface area contributed by atoms with Gasteiger partial charge < -0.3 is 29.4 Å². The maximum Gasteiger partial charge on any atom is 0.404 e. The number of hydrogen-bond donors (Lipinski definition) is 2. The van der Waals surface area contributed by atoms with Gasteiger partial charge in [0.15, 0.2) is 23.0 Å². The molecule has 1 aromatic carbocycles. The lowest BCUT2D eigenvalue weighted by atomic mass is 9.83. The minimum absolute atomic E-state index is 0.118. The molecule has 0 aromatic heterocycles. The molecule has 8 heteroatoms. The molecule has 0 heterocycles. The molecule has 0 spiro atoms. The fourth-order valence-corrected chi connectivity index (χ4v) is 4.17. The van der Waals surface area contributed by atoms with Gasteiger partial charge in [0.2, 0.25) is 5.75 Å². The van der Waals surface area contributed by atoms with Gasteiger partial charge in [0.1, 0.15) is 0 Å². The summed E-state index contributed by atoms with van der Waals surface area (Å²) < 4.78 is 21.9. The summed E-state index contributed by atoms with van der Waals surface area (Å²) in [5.41, 5.74) is 2.54. The van der Waals surface area contributed by atoms with E-state index in [1.165, 1.54) is 14.2 Å². The van der Waals surface area contributed by atoms with Crippen molar-refractivity contribution in [2.45, 2.75) is 25.3 Å². The Balaban J connectivity index is 2.26. The maximum absolute atomic E-state index is 12.7. The van der Waals surface area contributed by atoms with Gasteiger partial charge in [-0.25, -0.2) is 4.79 Å². The number of fused-ring (bicyclic) bond motifs is 3. The quantitative estimate of drug-likeness (QED) is 0.779. The van der Waals surface area contributed by atoms with E-state index in [0.29, 0.717) is 30.1 Å². The van der Waals surface area contributed by atoms with Crippen molar-refractivity contribution in [1.29, 1.82) is 0 Å². The Bertz CT molecular complexity index is 888. The molecule has 156 valence electrons. The molecule has 0 radical (unpaired) electrons. The number of rotatable bonds is 5. The Labute approximate surface area is 169 Å². The number of aryl methyl sites for hydroxylation is 1. The number of ketones is 1. The average molecular weight is 403 g/mol. The lowest BCUT2D eigenvalue weighted by Gasteiger charge is -2.27. The van der Waals surface area contributed by atoms with E-state index in [4.69, 9.17) is 18.9 Å². The van der Waals surface area contributed by atoms with E-state index < -0.39 is 12.1 Å². The Kier molecular flexibility index (Phi) is 6.00. The number of hydrogen-bond acceptors (Lipinski definition) is 6. The molecule has 29 heavy (non-hydrogen) atoms. The van der Waals surface area contributed by atoms with E-state index >= 15 is 0 Å². The predicted octanol–water partition coefficient (Wildman–Crippen LogP) is 2.80. The van der Waals surface area contributed by atoms with Crippen LogP contribution in [0.4, 0.5) is 4.79 Å². The molecule has 0 saturated carbocycles. The van der Waals surface area contributed by atoms with Crippen LogP contribution < -0.4 is 19.5 Å². The van der Waals surface area contributed by atoms with Crippen LogP contribution in [-0.4, -0.2) is 51.5 Å². The molecule has 2 unspecified atom stereocenters. The number of Topliss-reactive ketones (excluding diaryl/α,β-unsaturated/α-hetero) is 1. The van der Waals surface area contributed by atoms with Gasteiger partial charge in [-0.05, 0) is 36.1 Å². The fraction of sp³-hybridized carbons (Fsp3) is 0.429. The minimum Gasteiger partial charge on any atom is -0.493 e. The lowest BCUT2D eigenvalue weighted by molar-refractivity contribution is -0.119. The summed E-state index contributed by atoms with van der Waals surface area (Å²) in [5.74, 6) is 1.16. The molecule has 1 aromatic rings. The summed E-state index contributed by atoms with van der Waals surface area (Å²) in [6, 6.07) is 1.44. The largest absolute Gasteiger partial charge is 0.493 e. The second-order valence-corrected chi connectivity index (χ2v) is 6.86. The Morgan fingerprint density at radius 2 is 1.79 bits per heavy atom. The van der Waals surface area contributed by atoms with Crippen LogP contribution >= 0.6 is 0 Å². The number of carboxylic acid groups (broad SMARTS) is 1. The number of allylic oxidation sites excluding steroid dienone is 3. The number of carbonyl (C=O) groups excluding carboxylic acids is 1. The van der Waals surface area contributed by atoms with Crippen molar-refractivity contribution in [3.8, 4) is 17.2 Å². The predicted molar refractivity (Wildman–Crippen MR) is 106 cm³/mol. The van der Waals surface area contributed by atoms with Gasteiger partial charge in [0, 0.05) is 23.9 Å². The van der Waals surface area contributed by atoms with Crippen LogP contribution in [0.25, 0.3) is 5.57 Å². The number of amides is 1. The maximum atomic E-state index is 12.7. The molecule has 8 nitrogen and oxygen atoms in total. The van der Waals surface area contributed by atoms with Gasteiger partial charge in [0.25, 0.3) is 0 Å². The van der Waals surface area contributed by atoms with Gasteiger partial charge >= 0.3 is 6.09 Å². The molecule has 0 aliphatic heterocycles. The number of benzene rings is 1. The van der Waals surface area contributed by atoms with Crippen LogP contribution in [0, 0.1) is 5.92 Å². The molecule has 2 aliphatic carbocycles. The molecule has 0 bridgehead atoms. The number of methoxy groups -OCH3 is 4. The fourth-order valence-electron chi connectivity index (χ4n) is 4.17. The normalized spacial score (nSPS) is 20.8. The first kappa shape index (κ1) is 20.6. The molecule has 0 saturated heterocycles. The number of ether oxygens (including phenoxy) is 4. The number of nitrogens with one attached hydrogen (secondary N) is 1. The standard InChI is InChI=1S/C21H25NO7/c1-26-16-8-6-12-13(10-15(16)23)14(22-21(24)25)7-5-11-9-17(27-2)19(28-3)20(29-4)18(11)12/h6,8-9,13-14,22H,5,7,10H2,1-4H3,(H,24,25). The summed E-state index contributed by atoms with van der Waals surface area (Å²) >= 11 is 0. The molecular formula is C21H25NO7. The summed E-state index contributed by atoms with van der Waals surface area (Å²) in [6.45, 7) is 0. The Morgan fingerprint density at radius 3 is 2.38 bits per heavy atom. The summed E-state index contributed by atoms with van der Waals surface area (Å²) in [7, 11) is 6.07. The SMILES string of the molecule is COC1=CC=C2c3c(cc(OC)c(OC)c3OC)CCC(NC(=O)O)C2CC1=O. The molecule has 3 rings (SSSR count). The molecule has 2 aliphatic rings. The van der Waals surface area contributed by atoms with Crippen molar-refractivity contribution in [2.75, 3.05) is 28.4 Å².